The number of benzene rings is 3. The number of carboxylic acid groups (broad SMARTS) is 1. The average Bonchev–Trinajstić information content (AvgIpc) is 3.17. The van der Waals surface area contributed by atoms with Crippen LogP contribution < -0.4 is 0 Å². The van der Waals surface area contributed by atoms with E-state index in [0.717, 1.165) is 45.9 Å². The van der Waals surface area contributed by atoms with E-state index in [1.54, 1.807) is 12.1 Å². The van der Waals surface area contributed by atoms with E-state index in [9.17, 15) is 35.9 Å². The molecule has 10 heteroatoms. The zero-order valence-corrected chi connectivity index (χ0v) is 20.9. The summed E-state index contributed by atoms with van der Waals surface area (Å²) in [5.41, 5.74) is -0.968. The first kappa shape index (κ1) is 26.4. The first-order valence-electron chi connectivity index (χ1n) is 11.2. The fourth-order valence-electron chi connectivity index (χ4n) is 4.10. The summed E-state index contributed by atoms with van der Waals surface area (Å²) in [6, 6.07) is 13.3. The summed E-state index contributed by atoms with van der Waals surface area (Å²) in [6.07, 6.45) is -5.03. The van der Waals surface area contributed by atoms with Gasteiger partial charge in [0.1, 0.15) is 5.82 Å². The first-order chi connectivity index (χ1) is 17.1. The van der Waals surface area contributed by atoms with E-state index in [4.69, 9.17) is 0 Å². The number of alkyl halides is 3. The number of fused-ring (bicyclic) bond motifs is 1. The second-order valence-corrected chi connectivity index (χ2v) is 11.5. The molecule has 37 heavy (non-hydrogen) atoms. The molecule has 1 heterocycles. The molecule has 0 bridgehead atoms. The molecule has 1 aromatic heterocycles. The van der Waals surface area contributed by atoms with Crippen LogP contribution in [0.3, 0.4) is 0 Å². The Labute approximate surface area is 211 Å². The lowest BCUT2D eigenvalue weighted by atomic mass is 9.87. The van der Waals surface area contributed by atoms with Gasteiger partial charge < -0.3 is 5.11 Å². The van der Waals surface area contributed by atoms with Crippen molar-refractivity contribution in [2.24, 2.45) is 0 Å². The standard InChI is InChI=1S/C27H23F4NO4S/c1-26(2,3)19-5-4-6-22(15-19)37(35,36)32-21(13-17-11-16(25(33)34)7-9-23(17)28)14-18-12-20(27(29,30)31)8-10-24(18)32/h4-12,14-15H,13H2,1-3H3,(H,33,34). The molecule has 0 spiro atoms. The van der Waals surface area contributed by atoms with Crippen molar-refractivity contribution in [1.82, 2.24) is 3.97 Å². The van der Waals surface area contributed by atoms with Gasteiger partial charge in [-0.25, -0.2) is 21.6 Å². The highest BCUT2D eigenvalue weighted by molar-refractivity contribution is 7.90. The van der Waals surface area contributed by atoms with E-state index >= 15 is 0 Å². The number of aromatic nitrogens is 1. The van der Waals surface area contributed by atoms with E-state index in [1.165, 1.54) is 18.2 Å². The van der Waals surface area contributed by atoms with Gasteiger partial charge in [0.05, 0.1) is 21.5 Å². The van der Waals surface area contributed by atoms with Gasteiger partial charge in [0.25, 0.3) is 10.0 Å². The monoisotopic (exact) mass is 533 g/mol. The van der Waals surface area contributed by atoms with Crippen LogP contribution in [0.1, 0.15) is 53.5 Å². The molecule has 0 radical (unpaired) electrons. The van der Waals surface area contributed by atoms with Crippen LogP contribution in [0.2, 0.25) is 0 Å². The van der Waals surface area contributed by atoms with Gasteiger partial charge in [-0.05, 0) is 71.1 Å². The summed E-state index contributed by atoms with van der Waals surface area (Å²) in [7, 11) is -4.35. The van der Waals surface area contributed by atoms with Gasteiger partial charge in [0, 0.05) is 17.5 Å². The van der Waals surface area contributed by atoms with Crippen LogP contribution in [0.4, 0.5) is 17.6 Å². The lowest BCUT2D eigenvalue weighted by Gasteiger charge is -2.20. The molecule has 3 aromatic carbocycles. The minimum atomic E-state index is -4.65. The summed E-state index contributed by atoms with van der Waals surface area (Å²) in [5, 5.41) is 9.28. The molecule has 0 aliphatic rings. The Bertz CT molecular complexity index is 1630. The molecule has 194 valence electrons. The highest BCUT2D eigenvalue weighted by Crippen LogP contribution is 2.35. The Hall–Kier alpha value is -3.66. The molecule has 1 N–H and O–H groups in total. The smallest absolute Gasteiger partial charge is 0.416 e. The van der Waals surface area contributed by atoms with E-state index in [-0.39, 0.29) is 44.5 Å². The van der Waals surface area contributed by atoms with Gasteiger partial charge in [-0.3, -0.25) is 0 Å². The van der Waals surface area contributed by atoms with Crippen LogP contribution in [0.5, 0.6) is 0 Å². The topological polar surface area (TPSA) is 76.4 Å². The minimum Gasteiger partial charge on any atom is -0.478 e. The second kappa shape index (κ2) is 9.02. The number of nitrogens with zero attached hydrogens (tertiary/aromatic N) is 1. The molecule has 0 atom stereocenters. The number of hydrogen-bond acceptors (Lipinski definition) is 3. The van der Waals surface area contributed by atoms with Gasteiger partial charge in [-0.15, -0.1) is 0 Å². The number of carbonyl (C=O) groups is 1. The fourth-order valence-corrected chi connectivity index (χ4v) is 5.69. The van der Waals surface area contributed by atoms with Gasteiger partial charge in [-0.1, -0.05) is 32.9 Å². The van der Waals surface area contributed by atoms with Crippen molar-refractivity contribution in [3.05, 3.63) is 100 Å². The molecular weight excluding hydrogens is 510 g/mol. The molecule has 0 aliphatic heterocycles. The molecule has 4 rings (SSSR count). The number of aromatic carboxylic acids is 1. The van der Waals surface area contributed by atoms with Gasteiger partial charge in [0.15, 0.2) is 0 Å². The summed E-state index contributed by atoms with van der Waals surface area (Å²) in [4.78, 5) is 11.3. The number of rotatable bonds is 5. The Morgan fingerprint density at radius 1 is 0.919 bits per heavy atom. The van der Waals surface area contributed by atoms with Crippen LogP contribution in [0.25, 0.3) is 10.9 Å². The highest BCUT2D eigenvalue weighted by Gasteiger charge is 2.32. The van der Waals surface area contributed by atoms with E-state index in [0.29, 0.717) is 0 Å². The third kappa shape index (κ3) is 5.11. The van der Waals surface area contributed by atoms with Gasteiger partial charge in [-0.2, -0.15) is 13.2 Å². The third-order valence-corrected chi connectivity index (χ3v) is 7.82. The quantitative estimate of drug-likeness (QED) is 0.293. The minimum absolute atomic E-state index is 0.00447. The average molecular weight is 534 g/mol. The van der Waals surface area contributed by atoms with E-state index in [2.05, 4.69) is 0 Å². The summed E-state index contributed by atoms with van der Waals surface area (Å²) < 4.78 is 83.4. The predicted molar refractivity (Wildman–Crippen MR) is 131 cm³/mol. The van der Waals surface area contributed by atoms with Crippen molar-refractivity contribution in [2.75, 3.05) is 0 Å². The Morgan fingerprint density at radius 3 is 2.24 bits per heavy atom. The molecule has 0 fully saturated rings. The van der Waals surface area contributed by atoms with Crippen LogP contribution in [0, 0.1) is 5.82 Å². The van der Waals surface area contributed by atoms with E-state index < -0.39 is 33.5 Å². The van der Waals surface area contributed by atoms with Crippen LogP contribution in [-0.4, -0.2) is 23.5 Å². The van der Waals surface area contributed by atoms with Crippen LogP contribution in [0.15, 0.2) is 71.6 Å². The van der Waals surface area contributed by atoms with Crippen LogP contribution in [-0.2, 0) is 28.0 Å². The highest BCUT2D eigenvalue weighted by atomic mass is 32.2. The molecule has 5 nitrogen and oxygen atoms in total. The van der Waals surface area contributed by atoms with Crippen LogP contribution >= 0.6 is 0 Å². The second-order valence-electron chi connectivity index (χ2n) is 9.74. The lowest BCUT2D eigenvalue weighted by molar-refractivity contribution is -0.137. The first-order valence-corrected chi connectivity index (χ1v) is 12.6. The molecule has 0 unspecified atom stereocenters. The summed E-state index contributed by atoms with van der Waals surface area (Å²) in [6.45, 7) is 5.73. The zero-order valence-electron chi connectivity index (χ0n) is 20.1. The van der Waals surface area contributed by atoms with Gasteiger partial charge >= 0.3 is 12.1 Å². The van der Waals surface area contributed by atoms with Gasteiger partial charge in [0.2, 0.25) is 0 Å². The SMILES string of the molecule is CC(C)(C)c1cccc(S(=O)(=O)n2c(Cc3cc(C(=O)O)ccc3F)cc3cc(C(F)(F)F)ccc32)c1. The summed E-state index contributed by atoms with van der Waals surface area (Å²) in [5.74, 6) is -2.08. The Balaban J connectivity index is 1.97. The maximum absolute atomic E-state index is 14.6. The number of carboxylic acids is 1. The molecule has 0 amide bonds. The Kier molecular flexibility index (Phi) is 6.44. The van der Waals surface area contributed by atoms with E-state index in [1.807, 2.05) is 20.8 Å². The molecule has 4 aromatic rings. The third-order valence-electron chi connectivity index (χ3n) is 6.06. The van der Waals surface area contributed by atoms with Crippen molar-refractivity contribution in [2.45, 2.75) is 43.7 Å². The fraction of sp³-hybridized carbons (Fsp3) is 0.222. The molecule has 0 saturated carbocycles. The molecule has 0 saturated heterocycles. The maximum Gasteiger partial charge on any atom is 0.416 e. The molecule has 0 aliphatic carbocycles. The van der Waals surface area contributed by atoms with Crippen molar-refractivity contribution in [1.29, 1.82) is 0 Å². The van der Waals surface area contributed by atoms with Crippen molar-refractivity contribution < 1.29 is 35.9 Å². The normalized spacial score (nSPS) is 12.7. The van der Waals surface area contributed by atoms with Crippen molar-refractivity contribution >= 4 is 26.9 Å². The van der Waals surface area contributed by atoms with Crippen molar-refractivity contribution in [3.63, 3.8) is 0 Å². The molecular formula is C27H23F4NO4S. The Morgan fingerprint density at radius 2 is 1.62 bits per heavy atom. The number of halogens is 4. The zero-order chi connectivity index (χ0) is 27.3. The maximum atomic E-state index is 14.6. The predicted octanol–water partition coefficient (Wildman–Crippen LogP) is 6.62. The summed E-state index contributed by atoms with van der Waals surface area (Å²) >= 11 is 0. The number of hydrogen-bond donors (Lipinski definition) is 1. The lowest BCUT2D eigenvalue weighted by Crippen LogP contribution is -2.18. The largest absolute Gasteiger partial charge is 0.478 e. The van der Waals surface area contributed by atoms with Crippen molar-refractivity contribution in [3.8, 4) is 0 Å².